The van der Waals surface area contributed by atoms with E-state index in [0.717, 1.165) is 36.2 Å². The van der Waals surface area contributed by atoms with Crippen molar-refractivity contribution in [2.24, 2.45) is 13.0 Å². The molecule has 0 saturated carbocycles. The average molecular weight is 334 g/mol. The maximum absolute atomic E-state index is 11.7. The number of sulfonamides is 1. The van der Waals surface area contributed by atoms with Gasteiger partial charge in [0.25, 0.3) is 0 Å². The predicted molar refractivity (Wildman–Crippen MR) is 89.3 cm³/mol. The van der Waals surface area contributed by atoms with Crippen LogP contribution in [0.3, 0.4) is 0 Å². The fraction of sp³-hybridized carbons (Fsp3) is 0.500. The highest BCUT2D eigenvalue weighted by atomic mass is 32.2. The largest absolute Gasteiger partial charge is 0.266 e. The number of aryl methyl sites for hydroxylation is 1. The van der Waals surface area contributed by atoms with Gasteiger partial charge < -0.3 is 0 Å². The number of pyridine rings is 1. The molecule has 6 nitrogen and oxygen atoms in total. The topological polar surface area (TPSA) is 68.1 Å². The molecule has 124 valence electrons. The van der Waals surface area contributed by atoms with Gasteiger partial charge >= 0.3 is 0 Å². The molecule has 0 radical (unpaired) electrons. The first-order valence-electron chi connectivity index (χ1n) is 7.82. The van der Waals surface area contributed by atoms with E-state index in [1.54, 1.807) is 15.2 Å². The molecule has 0 spiro atoms. The molecule has 1 aliphatic heterocycles. The molecule has 0 aromatic carbocycles. The summed E-state index contributed by atoms with van der Waals surface area (Å²) < 4.78 is 26.8. The van der Waals surface area contributed by atoms with Crippen LogP contribution in [-0.4, -0.2) is 46.8 Å². The van der Waals surface area contributed by atoms with Gasteiger partial charge in [-0.05, 0) is 42.9 Å². The van der Waals surface area contributed by atoms with E-state index in [4.69, 9.17) is 0 Å². The molecule has 3 heterocycles. The molecule has 2 aromatic rings. The third-order valence-electron chi connectivity index (χ3n) is 4.38. The van der Waals surface area contributed by atoms with Crippen LogP contribution in [0.15, 0.2) is 30.6 Å². The molecule has 0 bridgehead atoms. The second kappa shape index (κ2) is 6.41. The quantitative estimate of drug-likeness (QED) is 0.853. The van der Waals surface area contributed by atoms with E-state index >= 15 is 0 Å². The van der Waals surface area contributed by atoms with Crippen LogP contribution in [0.1, 0.15) is 18.4 Å². The monoisotopic (exact) mass is 334 g/mol. The fourth-order valence-electron chi connectivity index (χ4n) is 3.15. The summed E-state index contributed by atoms with van der Waals surface area (Å²) in [4.78, 5) is 4.52. The molecular formula is C16H22N4O2S. The Morgan fingerprint density at radius 2 is 2.13 bits per heavy atom. The number of rotatable bonds is 4. The standard InChI is InChI=1S/C16H22N4O2S/c1-19-16(7-8-18-19)15-6-5-13(11-17-15)10-14-4-3-9-20(12-14)23(2,21)22/h5-8,11,14H,3-4,9-10,12H2,1-2H3/t14-/m1/s1. The second-order valence-electron chi connectivity index (χ2n) is 6.23. The minimum Gasteiger partial charge on any atom is -0.266 e. The van der Waals surface area contributed by atoms with Crippen molar-refractivity contribution in [1.29, 1.82) is 0 Å². The van der Waals surface area contributed by atoms with Crippen LogP contribution in [0.25, 0.3) is 11.4 Å². The van der Waals surface area contributed by atoms with Gasteiger partial charge in [0.1, 0.15) is 0 Å². The van der Waals surface area contributed by atoms with Crippen molar-refractivity contribution in [2.75, 3.05) is 19.3 Å². The van der Waals surface area contributed by atoms with Crippen LogP contribution in [-0.2, 0) is 23.5 Å². The lowest BCUT2D eigenvalue weighted by Crippen LogP contribution is -2.39. The second-order valence-corrected chi connectivity index (χ2v) is 8.21. The van der Waals surface area contributed by atoms with Crippen molar-refractivity contribution >= 4 is 10.0 Å². The van der Waals surface area contributed by atoms with Crippen LogP contribution < -0.4 is 0 Å². The lowest BCUT2D eigenvalue weighted by molar-refractivity contribution is 0.266. The maximum Gasteiger partial charge on any atom is 0.211 e. The van der Waals surface area contributed by atoms with Gasteiger partial charge in [-0.2, -0.15) is 5.10 Å². The highest BCUT2D eigenvalue weighted by Crippen LogP contribution is 2.23. The van der Waals surface area contributed by atoms with Crippen LogP contribution >= 0.6 is 0 Å². The Morgan fingerprint density at radius 3 is 2.74 bits per heavy atom. The van der Waals surface area contributed by atoms with E-state index in [2.05, 4.69) is 16.1 Å². The molecule has 0 amide bonds. The van der Waals surface area contributed by atoms with Gasteiger partial charge in [-0.1, -0.05) is 6.07 Å². The van der Waals surface area contributed by atoms with Crippen molar-refractivity contribution in [1.82, 2.24) is 19.1 Å². The Hall–Kier alpha value is -1.73. The number of hydrogen-bond donors (Lipinski definition) is 0. The first kappa shape index (κ1) is 16.1. The Balaban J connectivity index is 1.68. The van der Waals surface area contributed by atoms with Crippen LogP contribution in [0.4, 0.5) is 0 Å². The minimum atomic E-state index is -3.08. The minimum absolute atomic E-state index is 0.364. The maximum atomic E-state index is 11.7. The molecule has 3 rings (SSSR count). The van der Waals surface area contributed by atoms with Crippen LogP contribution in [0.5, 0.6) is 0 Å². The normalized spacial score (nSPS) is 19.8. The van der Waals surface area contributed by atoms with E-state index in [0.29, 0.717) is 19.0 Å². The summed E-state index contributed by atoms with van der Waals surface area (Å²) in [7, 11) is -1.19. The summed E-state index contributed by atoms with van der Waals surface area (Å²) in [5.41, 5.74) is 3.03. The van der Waals surface area contributed by atoms with Gasteiger partial charge in [0.05, 0.1) is 17.6 Å². The number of nitrogens with zero attached hydrogens (tertiary/aromatic N) is 4. The molecule has 0 N–H and O–H groups in total. The molecule has 1 saturated heterocycles. The van der Waals surface area contributed by atoms with Crippen molar-refractivity contribution < 1.29 is 8.42 Å². The molecule has 1 fully saturated rings. The lowest BCUT2D eigenvalue weighted by Gasteiger charge is -2.30. The smallest absolute Gasteiger partial charge is 0.211 e. The van der Waals surface area contributed by atoms with Gasteiger partial charge in [0.2, 0.25) is 10.0 Å². The van der Waals surface area contributed by atoms with Crippen LogP contribution in [0.2, 0.25) is 0 Å². The Morgan fingerprint density at radius 1 is 1.30 bits per heavy atom. The highest BCUT2D eigenvalue weighted by Gasteiger charge is 2.25. The number of hydrogen-bond acceptors (Lipinski definition) is 4. The summed E-state index contributed by atoms with van der Waals surface area (Å²) in [6, 6.07) is 6.02. The van der Waals surface area contributed by atoms with E-state index < -0.39 is 10.0 Å². The number of piperidine rings is 1. The molecule has 0 unspecified atom stereocenters. The molecule has 23 heavy (non-hydrogen) atoms. The van der Waals surface area contributed by atoms with Gasteiger partial charge in [-0.15, -0.1) is 0 Å². The van der Waals surface area contributed by atoms with E-state index in [1.165, 1.54) is 6.26 Å². The van der Waals surface area contributed by atoms with Crippen molar-refractivity contribution in [3.8, 4) is 11.4 Å². The Bertz CT molecular complexity index is 768. The zero-order valence-electron chi connectivity index (χ0n) is 13.5. The average Bonchev–Trinajstić information content (AvgIpc) is 2.94. The van der Waals surface area contributed by atoms with Crippen molar-refractivity contribution in [3.05, 3.63) is 36.2 Å². The summed E-state index contributed by atoms with van der Waals surface area (Å²) in [5.74, 6) is 0.364. The summed E-state index contributed by atoms with van der Waals surface area (Å²) >= 11 is 0. The van der Waals surface area contributed by atoms with E-state index in [9.17, 15) is 8.42 Å². The van der Waals surface area contributed by atoms with Crippen molar-refractivity contribution in [3.63, 3.8) is 0 Å². The Labute approximate surface area is 137 Å². The molecule has 1 aliphatic rings. The van der Waals surface area contributed by atoms with Gasteiger partial charge in [-0.25, -0.2) is 12.7 Å². The number of aromatic nitrogens is 3. The zero-order chi connectivity index (χ0) is 16.4. The highest BCUT2D eigenvalue weighted by molar-refractivity contribution is 7.88. The van der Waals surface area contributed by atoms with E-state index in [-0.39, 0.29) is 0 Å². The molecule has 1 atom stereocenters. The third kappa shape index (κ3) is 3.79. The molecule has 7 heteroatoms. The third-order valence-corrected chi connectivity index (χ3v) is 5.65. The summed E-state index contributed by atoms with van der Waals surface area (Å²) in [6.45, 7) is 1.26. The van der Waals surface area contributed by atoms with Crippen molar-refractivity contribution in [2.45, 2.75) is 19.3 Å². The van der Waals surface area contributed by atoms with Gasteiger partial charge in [-0.3, -0.25) is 9.67 Å². The van der Waals surface area contributed by atoms with Crippen LogP contribution in [0, 0.1) is 5.92 Å². The zero-order valence-corrected chi connectivity index (χ0v) is 14.3. The molecular weight excluding hydrogens is 312 g/mol. The lowest BCUT2D eigenvalue weighted by atomic mass is 9.93. The summed E-state index contributed by atoms with van der Waals surface area (Å²) in [5, 5.41) is 4.15. The van der Waals surface area contributed by atoms with Gasteiger partial charge in [0.15, 0.2) is 0 Å². The summed E-state index contributed by atoms with van der Waals surface area (Å²) in [6.07, 6.45) is 7.80. The molecule has 2 aromatic heterocycles. The fourth-order valence-corrected chi connectivity index (χ4v) is 4.09. The van der Waals surface area contributed by atoms with E-state index in [1.807, 2.05) is 25.4 Å². The predicted octanol–water partition coefficient (Wildman–Crippen LogP) is 1.70. The first-order valence-corrected chi connectivity index (χ1v) is 9.67. The molecule has 0 aliphatic carbocycles. The SMILES string of the molecule is Cn1nccc1-c1ccc(C[C@H]2CCCN(S(C)(=O)=O)C2)cn1. The van der Waals surface area contributed by atoms with Gasteiger partial charge in [0, 0.05) is 32.5 Å². The first-order chi connectivity index (χ1) is 10.9. The Kier molecular flexibility index (Phi) is 4.50.